The summed E-state index contributed by atoms with van der Waals surface area (Å²) in [6.07, 6.45) is 5.45. The largest absolute Gasteiger partial charge is 0.479 e. The molecule has 6 nitrogen and oxygen atoms in total. The van der Waals surface area contributed by atoms with Crippen molar-refractivity contribution in [3.8, 4) is 5.88 Å². The number of piperidine rings is 1. The number of rotatable bonds is 5. The number of halogens is 1. The highest BCUT2D eigenvalue weighted by Crippen LogP contribution is 2.22. The van der Waals surface area contributed by atoms with Crippen LogP contribution < -0.4 is 4.74 Å². The predicted octanol–water partition coefficient (Wildman–Crippen LogP) is 2.06. The predicted molar refractivity (Wildman–Crippen MR) is 81.7 cm³/mol. The highest BCUT2D eigenvalue weighted by atomic mass is 35.5. The molecular weight excluding hydrogens is 290 g/mol. The number of fused-ring (bicyclic) bond motifs is 1. The summed E-state index contributed by atoms with van der Waals surface area (Å²) < 4.78 is 7.34. The first-order chi connectivity index (χ1) is 10.3. The number of methoxy groups -OCH3 is 1. The molecule has 1 saturated heterocycles. The van der Waals surface area contributed by atoms with Gasteiger partial charge in [0.05, 0.1) is 13.0 Å². The Balaban J connectivity index is 1.85. The topological polar surface area (TPSA) is 56.1 Å². The van der Waals surface area contributed by atoms with Crippen molar-refractivity contribution in [2.24, 2.45) is 0 Å². The lowest BCUT2D eigenvalue weighted by atomic mass is 10.1. The number of likely N-dealkylation sites (tertiary alicyclic amines) is 1. The third kappa shape index (κ3) is 2.96. The summed E-state index contributed by atoms with van der Waals surface area (Å²) in [7, 11) is 1.59. The highest BCUT2D eigenvalue weighted by molar-refractivity contribution is 6.16. The van der Waals surface area contributed by atoms with Gasteiger partial charge in [-0.05, 0) is 25.9 Å². The molecule has 0 aromatic carbocycles. The van der Waals surface area contributed by atoms with E-state index in [9.17, 15) is 0 Å². The smallest absolute Gasteiger partial charge is 0.245 e. The van der Waals surface area contributed by atoms with E-state index in [4.69, 9.17) is 16.3 Å². The zero-order valence-electron chi connectivity index (χ0n) is 12.3. The molecule has 3 rings (SSSR count). The van der Waals surface area contributed by atoms with Crippen molar-refractivity contribution < 1.29 is 4.74 Å². The molecule has 0 amide bonds. The van der Waals surface area contributed by atoms with E-state index in [1.807, 2.05) is 0 Å². The van der Waals surface area contributed by atoms with Crippen molar-refractivity contribution in [1.29, 1.82) is 0 Å². The van der Waals surface area contributed by atoms with E-state index in [-0.39, 0.29) is 0 Å². The summed E-state index contributed by atoms with van der Waals surface area (Å²) in [6.45, 7) is 4.21. The van der Waals surface area contributed by atoms with Gasteiger partial charge < -0.3 is 14.2 Å². The Morgan fingerprint density at radius 3 is 2.71 bits per heavy atom. The number of nitrogens with zero attached hydrogens (tertiary/aromatic N) is 5. The average molecular weight is 310 g/mol. The Kier molecular flexibility index (Phi) is 4.55. The maximum Gasteiger partial charge on any atom is 0.245 e. The van der Waals surface area contributed by atoms with Crippen LogP contribution in [0, 0.1) is 0 Å². The normalized spacial score (nSPS) is 16.5. The minimum Gasteiger partial charge on any atom is -0.479 e. The summed E-state index contributed by atoms with van der Waals surface area (Å²) in [5, 5.41) is 0. The molecule has 0 unspecified atom stereocenters. The van der Waals surface area contributed by atoms with Gasteiger partial charge in [-0.3, -0.25) is 0 Å². The molecule has 0 spiro atoms. The summed E-state index contributed by atoms with van der Waals surface area (Å²) in [4.78, 5) is 15.5. The lowest BCUT2D eigenvalue weighted by Gasteiger charge is -2.26. The van der Waals surface area contributed by atoms with E-state index in [1.54, 1.807) is 7.11 Å². The molecule has 0 bridgehead atoms. The molecule has 0 radical (unpaired) electrons. The van der Waals surface area contributed by atoms with Gasteiger partial charge in [-0.15, -0.1) is 11.6 Å². The van der Waals surface area contributed by atoms with Crippen LogP contribution >= 0.6 is 11.6 Å². The Labute approximate surface area is 129 Å². The molecule has 0 atom stereocenters. The van der Waals surface area contributed by atoms with Crippen molar-refractivity contribution in [2.75, 3.05) is 26.7 Å². The maximum atomic E-state index is 6.03. The Hall–Kier alpha value is -1.40. The van der Waals surface area contributed by atoms with Crippen molar-refractivity contribution in [1.82, 2.24) is 24.4 Å². The fourth-order valence-corrected chi connectivity index (χ4v) is 3.08. The van der Waals surface area contributed by atoms with Gasteiger partial charge in [0.15, 0.2) is 11.2 Å². The molecule has 1 aliphatic heterocycles. The molecule has 2 aromatic rings. The van der Waals surface area contributed by atoms with Crippen LogP contribution in [0.4, 0.5) is 0 Å². The second kappa shape index (κ2) is 6.58. The highest BCUT2D eigenvalue weighted by Gasteiger charge is 2.17. The number of aromatic nitrogens is 4. The molecule has 2 aromatic heterocycles. The van der Waals surface area contributed by atoms with Crippen LogP contribution in [0.25, 0.3) is 11.2 Å². The molecule has 1 fully saturated rings. The van der Waals surface area contributed by atoms with Crippen LogP contribution in [0.5, 0.6) is 5.88 Å². The van der Waals surface area contributed by atoms with Gasteiger partial charge in [-0.25, -0.2) is 9.97 Å². The standard InChI is InChI=1S/C14H20ClN5O/c1-21-14-12-13(16-10-17-14)20(11(9-15)18-12)8-7-19-5-3-2-4-6-19/h10H,2-9H2,1H3. The van der Waals surface area contributed by atoms with E-state index in [0.717, 1.165) is 24.6 Å². The Morgan fingerprint density at radius 2 is 2.00 bits per heavy atom. The van der Waals surface area contributed by atoms with E-state index >= 15 is 0 Å². The number of hydrogen-bond donors (Lipinski definition) is 0. The van der Waals surface area contributed by atoms with Gasteiger partial charge in [-0.2, -0.15) is 4.98 Å². The van der Waals surface area contributed by atoms with Gasteiger partial charge in [-0.1, -0.05) is 6.42 Å². The maximum absolute atomic E-state index is 6.03. The molecule has 0 saturated carbocycles. The number of imidazole rings is 1. The number of hydrogen-bond acceptors (Lipinski definition) is 5. The lowest BCUT2D eigenvalue weighted by Crippen LogP contribution is -2.32. The van der Waals surface area contributed by atoms with Crippen LogP contribution in [-0.2, 0) is 12.4 Å². The molecule has 1 aliphatic rings. The molecule has 114 valence electrons. The molecule has 0 N–H and O–H groups in total. The second-order valence-electron chi connectivity index (χ2n) is 5.27. The minimum absolute atomic E-state index is 0.361. The second-order valence-corrected chi connectivity index (χ2v) is 5.54. The van der Waals surface area contributed by atoms with Gasteiger partial charge >= 0.3 is 0 Å². The number of alkyl halides is 1. The first-order valence-electron chi connectivity index (χ1n) is 7.36. The quantitative estimate of drug-likeness (QED) is 0.791. The van der Waals surface area contributed by atoms with Crippen molar-refractivity contribution in [3.05, 3.63) is 12.2 Å². The zero-order valence-corrected chi connectivity index (χ0v) is 13.0. The Bertz CT molecular complexity index is 609. The van der Waals surface area contributed by atoms with Crippen molar-refractivity contribution >= 4 is 22.8 Å². The summed E-state index contributed by atoms with van der Waals surface area (Å²) in [6, 6.07) is 0. The van der Waals surface area contributed by atoms with Crippen molar-refractivity contribution in [2.45, 2.75) is 31.7 Å². The molecular formula is C14H20ClN5O. The van der Waals surface area contributed by atoms with Crippen LogP contribution in [0.1, 0.15) is 25.1 Å². The third-order valence-corrected chi connectivity index (χ3v) is 4.22. The summed E-state index contributed by atoms with van der Waals surface area (Å²) in [5.41, 5.74) is 1.49. The van der Waals surface area contributed by atoms with Gasteiger partial charge in [0.1, 0.15) is 12.2 Å². The fourth-order valence-electron chi connectivity index (χ4n) is 2.87. The SMILES string of the molecule is COc1ncnc2c1nc(CCl)n2CCN1CCCCC1. The van der Waals surface area contributed by atoms with Crippen LogP contribution in [0.2, 0.25) is 0 Å². The molecule has 7 heteroatoms. The summed E-state index contributed by atoms with van der Waals surface area (Å²) >= 11 is 6.03. The summed E-state index contributed by atoms with van der Waals surface area (Å²) in [5.74, 6) is 1.69. The monoisotopic (exact) mass is 309 g/mol. The first kappa shape index (κ1) is 14.5. The minimum atomic E-state index is 0.361. The van der Waals surface area contributed by atoms with Crippen LogP contribution in [-0.4, -0.2) is 51.2 Å². The lowest BCUT2D eigenvalue weighted by molar-refractivity contribution is 0.221. The molecule has 21 heavy (non-hydrogen) atoms. The van der Waals surface area contributed by atoms with E-state index in [2.05, 4.69) is 24.4 Å². The molecule has 0 aliphatic carbocycles. The third-order valence-electron chi connectivity index (χ3n) is 3.98. The van der Waals surface area contributed by atoms with Crippen LogP contribution in [0.3, 0.4) is 0 Å². The van der Waals surface area contributed by atoms with Crippen molar-refractivity contribution in [3.63, 3.8) is 0 Å². The van der Waals surface area contributed by atoms with Gasteiger partial charge in [0, 0.05) is 13.1 Å². The zero-order chi connectivity index (χ0) is 14.7. The average Bonchev–Trinajstić information content (AvgIpc) is 2.91. The number of ether oxygens (including phenoxy) is 1. The Morgan fingerprint density at radius 1 is 1.19 bits per heavy atom. The molecule has 3 heterocycles. The van der Waals surface area contributed by atoms with Crippen LogP contribution in [0.15, 0.2) is 6.33 Å². The van der Waals surface area contributed by atoms with E-state index in [0.29, 0.717) is 17.3 Å². The first-order valence-corrected chi connectivity index (χ1v) is 7.89. The fraction of sp³-hybridized carbons (Fsp3) is 0.643. The van der Waals surface area contributed by atoms with E-state index < -0.39 is 0 Å². The van der Waals surface area contributed by atoms with E-state index in [1.165, 1.54) is 38.7 Å². The van der Waals surface area contributed by atoms with Gasteiger partial charge in [0.2, 0.25) is 5.88 Å². The van der Waals surface area contributed by atoms with Gasteiger partial charge in [0.25, 0.3) is 0 Å².